The van der Waals surface area contributed by atoms with Crippen LogP contribution in [0.15, 0.2) is 47.1 Å². The molecule has 8 rings (SSSR count). The van der Waals surface area contributed by atoms with E-state index < -0.39 is 36.0 Å². The number of hydrogen-bond donors (Lipinski definition) is 9. The van der Waals surface area contributed by atoms with Gasteiger partial charge in [-0.1, -0.05) is 23.4 Å². The van der Waals surface area contributed by atoms with Gasteiger partial charge in [0.2, 0.25) is 17.7 Å². The first-order valence-corrected chi connectivity index (χ1v) is 19.2. The molecule has 4 saturated carbocycles. The Morgan fingerprint density at radius 2 is 1.64 bits per heavy atom. The van der Waals surface area contributed by atoms with Crippen molar-refractivity contribution in [3.05, 3.63) is 76.6 Å². The topological polar surface area (TPSA) is 244 Å². The molecule has 4 fully saturated rings. The van der Waals surface area contributed by atoms with Gasteiger partial charge < -0.3 is 46.7 Å². The van der Waals surface area contributed by atoms with E-state index >= 15 is 0 Å². The van der Waals surface area contributed by atoms with E-state index in [-0.39, 0.29) is 42.4 Å². The van der Waals surface area contributed by atoms with Crippen LogP contribution < -0.4 is 27.0 Å². The Morgan fingerprint density at radius 3 is 2.29 bits per heavy atom. The highest BCUT2D eigenvalue weighted by Gasteiger charge is 2.51. The summed E-state index contributed by atoms with van der Waals surface area (Å²) in [5, 5.41) is 43.3. The number of aromatic amines is 1. The van der Waals surface area contributed by atoms with Crippen molar-refractivity contribution in [1.29, 1.82) is 5.41 Å². The molecular formula is C40H51N9O6. The lowest BCUT2D eigenvalue weighted by Crippen LogP contribution is -2.55. The molecule has 55 heavy (non-hydrogen) atoms. The molecule has 292 valence electrons. The number of rotatable bonds is 15. The number of phenols is 1. The van der Waals surface area contributed by atoms with Crippen molar-refractivity contribution in [3.8, 4) is 5.75 Å². The molecular weight excluding hydrogens is 702 g/mol. The maximum atomic E-state index is 14.5. The quantitative estimate of drug-likeness (QED) is 0.0617. The summed E-state index contributed by atoms with van der Waals surface area (Å²) >= 11 is 0. The minimum Gasteiger partial charge on any atom is -0.508 e. The molecule has 4 aliphatic rings. The van der Waals surface area contributed by atoms with Gasteiger partial charge in [0.15, 0.2) is 11.8 Å². The molecule has 3 amide bonds. The van der Waals surface area contributed by atoms with Crippen LogP contribution in [0.1, 0.15) is 85.0 Å². The Kier molecular flexibility index (Phi) is 10.7. The van der Waals surface area contributed by atoms with Gasteiger partial charge in [-0.15, -0.1) is 0 Å². The number of phenolic OH excluding ortho intramolecular Hbond substituents is 1. The molecule has 3 unspecified atom stereocenters. The van der Waals surface area contributed by atoms with Crippen LogP contribution in [0.2, 0.25) is 0 Å². The van der Waals surface area contributed by atoms with Crippen LogP contribution in [0.5, 0.6) is 5.75 Å². The number of para-hydroxylation sites is 1. The van der Waals surface area contributed by atoms with Crippen molar-refractivity contribution in [2.45, 2.75) is 96.2 Å². The Labute approximate surface area is 319 Å². The molecule has 2 aromatic carbocycles. The molecule has 10 N–H and O–H groups in total. The van der Waals surface area contributed by atoms with Crippen LogP contribution >= 0.6 is 0 Å². The molecule has 0 spiro atoms. The number of carboxylic acid groups (broad SMARTS) is 1. The molecule has 2 aromatic heterocycles. The van der Waals surface area contributed by atoms with Gasteiger partial charge in [0.1, 0.15) is 23.9 Å². The maximum Gasteiger partial charge on any atom is 0.405 e. The number of amides is 3. The van der Waals surface area contributed by atoms with Crippen LogP contribution in [0, 0.1) is 42.4 Å². The Morgan fingerprint density at radius 1 is 0.982 bits per heavy atom. The summed E-state index contributed by atoms with van der Waals surface area (Å²) in [5.74, 6) is 1.70. The zero-order valence-corrected chi connectivity index (χ0v) is 31.3. The van der Waals surface area contributed by atoms with Crippen LogP contribution in [0.4, 0.5) is 4.79 Å². The number of hydrogen-bond acceptors (Lipinski definition) is 8. The van der Waals surface area contributed by atoms with E-state index in [2.05, 4.69) is 31.4 Å². The number of benzene rings is 2. The van der Waals surface area contributed by atoms with Crippen LogP contribution in [-0.2, 0) is 28.9 Å². The minimum atomic E-state index is -1.42. The van der Waals surface area contributed by atoms with Gasteiger partial charge >= 0.3 is 6.09 Å². The third kappa shape index (κ3) is 8.71. The summed E-state index contributed by atoms with van der Waals surface area (Å²) in [6, 6.07) is 7.85. The molecule has 15 nitrogen and oxygen atoms in total. The SMILES string of the molecule is Cc1cc(O)cc(C)c1CC(NC(=O)C(CCNC(=N)N)NC(=O)O)C(=O)NC(Cc1c[nH]c2ccccc12)c1nc(CC23CC4CC(CC(C4)C2)C3)no1. The zero-order chi connectivity index (χ0) is 38.9. The van der Waals surface area contributed by atoms with Crippen molar-refractivity contribution in [3.63, 3.8) is 0 Å². The van der Waals surface area contributed by atoms with Crippen LogP contribution in [0.3, 0.4) is 0 Å². The molecule has 0 saturated heterocycles. The highest BCUT2D eigenvalue weighted by Crippen LogP contribution is 2.60. The highest BCUT2D eigenvalue weighted by molar-refractivity contribution is 5.91. The van der Waals surface area contributed by atoms with E-state index in [1.165, 1.54) is 38.5 Å². The predicted octanol–water partition coefficient (Wildman–Crippen LogP) is 4.27. The lowest BCUT2D eigenvalue weighted by Gasteiger charge is -2.56. The van der Waals surface area contributed by atoms with Crippen molar-refractivity contribution in [2.75, 3.05) is 6.54 Å². The summed E-state index contributed by atoms with van der Waals surface area (Å²) in [5.41, 5.74) is 9.62. The average molecular weight is 754 g/mol. The van der Waals surface area contributed by atoms with Gasteiger partial charge in [0, 0.05) is 42.9 Å². The monoisotopic (exact) mass is 753 g/mol. The lowest BCUT2D eigenvalue weighted by molar-refractivity contribution is -0.130. The van der Waals surface area contributed by atoms with Crippen molar-refractivity contribution < 1.29 is 29.1 Å². The fraction of sp³-hybridized carbons (Fsp3) is 0.500. The van der Waals surface area contributed by atoms with E-state index in [4.69, 9.17) is 20.7 Å². The molecule has 4 bridgehead atoms. The Bertz CT molecular complexity index is 2020. The Balaban J connectivity index is 1.17. The summed E-state index contributed by atoms with van der Waals surface area (Å²) in [6.07, 6.45) is 9.10. The van der Waals surface area contributed by atoms with Gasteiger partial charge in [0.05, 0.1) is 0 Å². The van der Waals surface area contributed by atoms with E-state index in [0.717, 1.165) is 57.3 Å². The molecule has 0 radical (unpaired) electrons. The number of nitrogens with two attached hydrogens (primary N) is 1. The van der Waals surface area contributed by atoms with E-state index in [9.17, 15) is 24.6 Å². The minimum absolute atomic E-state index is 0.0379. The summed E-state index contributed by atoms with van der Waals surface area (Å²) in [6.45, 7) is 3.66. The number of carbonyl (C=O) groups is 3. The standard InChI is InChI=1S/C40H51N9O6/c1-21-9-27(50)10-22(2)29(21)15-32(45-35(51)31(47-39(53)54)7-8-43-38(41)42)36(52)46-33(14-26-20-44-30-6-4-3-5-28(26)30)37-48-34(49-55-37)19-40-16-23-11-24(17-40)13-25(12-23)18-40/h3-6,9-10,20,23-25,31-33,44,47,50H,7-8,11-19H2,1-2H3,(H,45,51)(H,46,52)(H,53,54)(H4,41,42,43). The van der Waals surface area contributed by atoms with Gasteiger partial charge in [-0.3, -0.25) is 15.0 Å². The van der Waals surface area contributed by atoms with E-state index in [0.29, 0.717) is 12.2 Å². The lowest BCUT2D eigenvalue weighted by atomic mass is 9.49. The normalized spacial score (nSPS) is 22.8. The molecule has 0 aliphatic heterocycles. The van der Waals surface area contributed by atoms with Gasteiger partial charge in [-0.05, 0) is 122 Å². The number of aryl methyl sites for hydroxylation is 2. The molecule has 15 heteroatoms. The zero-order valence-electron chi connectivity index (χ0n) is 31.3. The Hall–Kier alpha value is -5.60. The fourth-order valence-corrected chi connectivity index (χ4v) is 10.1. The number of guanidine groups is 1. The molecule has 4 aliphatic carbocycles. The second-order valence-corrected chi connectivity index (χ2v) is 16.2. The first-order valence-electron chi connectivity index (χ1n) is 19.2. The third-order valence-corrected chi connectivity index (χ3v) is 12.0. The van der Waals surface area contributed by atoms with Crippen molar-refractivity contribution in [1.82, 2.24) is 36.4 Å². The predicted molar refractivity (Wildman–Crippen MR) is 204 cm³/mol. The number of aromatic hydroxyl groups is 1. The van der Waals surface area contributed by atoms with E-state index in [1.807, 2.05) is 44.3 Å². The highest BCUT2D eigenvalue weighted by atomic mass is 16.5. The largest absolute Gasteiger partial charge is 0.508 e. The van der Waals surface area contributed by atoms with Crippen molar-refractivity contribution in [2.24, 2.45) is 28.9 Å². The van der Waals surface area contributed by atoms with Crippen molar-refractivity contribution >= 4 is 34.8 Å². The first kappa shape index (κ1) is 37.7. The number of carbonyl (C=O) groups excluding carboxylic acids is 2. The number of fused-ring (bicyclic) bond motifs is 1. The summed E-state index contributed by atoms with van der Waals surface area (Å²) in [4.78, 5) is 48.2. The van der Waals surface area contributed by atoms with E-state index in [1.54, 1.807) is 12.1 Å². The maximum absolute atomic E-state index is 14.5. The second kappa shape index (κ2) is 15.6. The molecule has 2 heterocycles. The first-order chi connectivity index (χ1) is 26.3. The number of H-pyrrole nitrogens is 1. The number of nitrogens with one attached hydrogen (secondary N) is 6. The second-order valence-electron chi connectivity index (χ2n) is 16.2. The van der Waals surface area contributed by atoms with Gasteiger partial charge in [-0.25, -0.2) is 4.79 Å². The van der Waals surface area contributed by atoms with Crippen LogP contribution in [-0.4, -0.2) is 67.8 Å². The number of aromatic nitrogens is 3. The molecule has 3 atom stereocenters. The smallest absolute Gasteiger partial charge is 0.405 e. The summed E-state index contributed by atoms with van der Waals surface area (Å²) in [7, 11) is 0. The van der Waals surface area contributed by atoms with Crippen LogP contribution in [0.25, 0.3) is 10.9 Å². The molecule has 4 aromatic rings. The fourth-order valence-electron chi connectivity index (χ4n) is 10.1. The summed E-state index contributed by atoms with van der Waals surface area (Å²) < 4.78 is 5.97. The van der Waals surface area contributed by atoms with Gasteiger partial charge in [-0.2, -0.15) is 4.98 Å². The average Bonchev–Trinajstić information content (AvgIpc) is 3.74. The third-order valence-electron chi connectivity index (χ3n) is 12.0. The van der Waals surface area contributed by atoms with Gasteiger partial charge in [0.25, 0.3) is 0 Å². The number of nitrogens with zero attached hydrogens (tertiary/aromatic N) is 2.